The highest BCUT2D eigenvalue weighted by Gasteiger charge is 2.20. The maximum Gasteiger partial charge on any atom is 0.248 e. The van der Waals surface area contributed by atoms with Crippen molar-refractivity contribution in [2.75, 3.05) is 13.1 Å². The van der Waals surface area contributed by atoms with E-state index in [0.29, 0.717) is 11.5 Å². The molecule has 6 nitrogen and oxygen atoms in total. The molecule has 22 heavy (non-hydrogen) atoms. The largest absolute Gasteiger partial charge is 0.366 e. The summed E-state index contributed by atoms with van der Waals surface area (Å²) in [6, 6.07) is 7.60. The molecule has 116 valence electrons. The zero-order valence-corrected chi connectivity index (χ0v) is 12.6. The van der Waals surface area contributed by atoms with Crippen molar-refractivity contribution in [2.45, 2.75) is 25.9 Å². The molecular weight excluding hydrogens is 278 g/mol. The van der Waals surface area contributed by atoms with Gasteiger partial charge in [-0.05, 0) is 43.0 Å². The number of piperidine rings is 1. The third-order valence-corrected chi connectivity index (χ3v) is 4.13. The second kappa shape index (κ2) is 6.70. The van der Waals surface area contributed by atoms with Crippen molar-refractivity contribution in [3.05, 3.63) is 48.0 Å². The molecule has 1 amide bonds. The van der Waals surface area contributed by atoms with Gasteiger partial charge < -0.3 is 5.73 Å². The predicted molar refractivity (Wildman–Crippen MR) is 83.0 cm³/mol. The van der Waals surface area contributed by atoms with Crippen molar-refractivity contribution < 1.29 is 4.79 Å². The van der Waals surface area contributed by atoms with Gasteiger partial charge in [-0.1, -0.05) is 12.1 Å². The highest BCUT2D eigenvalue weighted by atomic mass is 16.1. The Morgan fingerprint density at radius 1 is 1.41 bits per heavy atom. The van der Waals surface area contributed by atoms with E-state index in [0.717, 1.165) is 31.7 Å². The van der Waals surface area contributed by atoms with Gasteiger partial charge in [0.25, 0.3) is 0 Å². The number of amides is 1. The second-order valence-corrected chi connectivity index (χ2v) is 5.93. The van der Waals surface area contributed by atoms with E-state index in [-0.39, 0.29) is 5.91 Å². The number of hydrogen-bond donors (Lipinski definition) is 1. The zero-order valence-electron chi connectivity index (χ0n) is 12.6. The molecule has 0 radical (unpaired) electrons. The van der Waals surface area contributed by atoms with Gasteiger partial charge in [-0.15, -0.1) is 0 Å². The summed E-state index contributed by atoms with van der Waals surface area (Å²) in [5.41, 5.74) is 7.06. The molecule has 1 aromatic carbocycles. The fraction of sp³-hybridized carbons (Fsp3) is 0.438. The van der Waals surface area contributed by atoms with Crippen LogP contribution in [0.5, 0.6) is 0 Å². The Kier molecular flexibility index (Phi) is 4.48. The van der Waals surface area contributed by atoms with Crippen LogP contribution in [0.1, 0.15) is 28.8 Å². The average Bonchev–Trinajstić information content (AvgIpc) is 3.01. The van der Waals surface area contributed by atoms with E-state index in [4.69, 9.17) is 5.73 Å². The molecule has 0 saturated carbocycles. The van der Waals surface area contributed by atoms with Crippen LogP contribution in [0, 0.1) is 5.92 Å². The molecule has 1 saturated heterocycles. The summed E-state index contributed by atoms with van der Waals surface area (Å²) < 4.78 is 1.90. The number of nitrogens with zero attached hydrogens (tertiary/aromatic N) is 4. The summed E-state index contributed by atoms with van der Waals surface area (Å²) in [6.07, 6.45) is 5.76. The van der Waals surface area contributed by atoms with Gasteiger partial charge in [0.05, 0.1) is 0 Å². The highest BCUT2D eigenvalue weighted by Crippen LogP contribution is 2.20. The normalized spacial score (nSPS) is 19.2. The van der Waals surface area contributed by atoms with Crippen molar-refractivity contribution in [1.29, 1.82) is 0 Å². The molecule has 6 heteroatoms. The summed E-state index contributed by atoms with van der Waals surface area (Å²) in [4.78, 5) is 17.7. The number of benzene rings is 1. The Hall–Kier alpha value is -2.21. The van der Waals surface area contributed by atoms with Crippen LogP contribution in [0.4, 0.5) is 0 Å². The fourth-order valence-corrected chi connectivity index (χ4v) is 3.12. The van der Waals surface area contributed by atoms with Gasteiger partial charge in [-0.2, -0.15) is 5.10 Å². The van der Waals surface area contributed by atoms with E-state index in [9.17, 15) is 4.79 Å². The molecule has 1 aliphatic heterocycles. The summed E-state index contributed by atoms with van der Waals surface area (Å²) in [6.45, 7) is 3.90. The minimum absolute atomic E-state index is 0.371. The van der Waals surface area contributed by atoms with Crippen LogP contribution in [-0.4, -0.2) is 38.7 Å². The lowest BCUT2D eigenvalue weighted by molar-refractivity contribution is 0.1000. The summed E-state index contributed by atoms with van der Waals surface area (Å²) in [5, 5.41) is 4.19. The molecule has 2 aromatic rings. The van der Waals surface area contributed by atoms with Crippen LogP contribution in [0.3, 0.4) is 0 Å². The Labute approximate surface area is 129 Å². The zero-order chi connectivity index (χ0) is 15.4. The van der Waals surface area contributed by atoms with Gasteiger partial charge in [0.1, 0.15) is 12.7 Å². The topological polar surface area (TPSA) is 77.0 Å². The Balaban J connectivity index is 1.60. The fourth-order valence-electron chi connectivity index (χ4n) is 3.12. The first-order valence-electron chi connectivity index (χ1n) is 7.64. The minimum atomic E-state index is -0.371. The van der Waals surface area contributed by atoms with Crippen LogP contribution in [-0.2, 0) is 13.1 Å². The van der Waals surface area contributed by atoms with E-state index in [1.54, 1.807) is 18.7 Å². The van der Waals surface area contributed by atoms with Crippen molar-refractivity contribution in [1.82, 2.24) is 19.7 Å². The van der Waals surface area contributed by atoms with Crippen molar-refractivity contribution >= 4 is 5.91 Å². The van der Waals surface area contributed by atoms with Gasteiger partial charge >= 0.3 is 0 Å². The molecule has 3 rings (SSSR count). The van der Waals surface area contributed by atoms with Gasteiger partial charge in [0.15, 0.2) is 0 Å². The molecule has 0 bridgehead atoms. The molecule has 0 unspecified atom stereocenters. The maximum atomic E-state index is 11.3. The first-order chi connectivity index (χ1) is 10.7. The van der Waals surface area contributed by atoms with Gasteiger partial charge in [-0.25, -0.2) is 4.98 Å². The van der Waals surface area contributed by atoms with Gasteiger partial charge in [0.2, 0.25) is 5.91 Å². The van der Waals surface area contributed by atoms with E-state index in [1.165, 1.54) is 12.8 Å². The van der Waals surface area contributed by atoms with Crippen LogP contribution in [0.15, 0.2) is 36.9 Å². The number of likely N-dealkylation sites (tertiary alicyclic amines) is 1. The molecule has 2 heterocycles. The number of rotatable bonds is 5. The second-order valence-electron chi connectivity index (χ2n) is 5.93. The van der Waals surface area contributed by atoms with Crippen LogP contribution < -0.4 is 5.73 Å². The molecule has 1 fully saturated rings. The molecule has 1 aliphatic rings. The lowest BCUT2D eigenvalue weighted by Crippen LogP contribution is -2.36. The monoisotopic (exact) mass is 299 g/mol. The van der Waals surface area contributed by atoms with Gasteiger partial charge in [0, 0.05) is 25.2 Å². The number of carbonyl (C=O) groups excluding carboxylic acids is 1. The van der Waals surface area contributed by atoms with Crippen LogP contribution in [0.2, 0.25) is 0 Å². The SMILES string of the molecule is NC(=O)c1cccc(CN2CCC[C@H](Cn3cncn3)C2)c1. The third-order valence-electron chi connectivity index (χ3n) is 4.13. The third kappa shape index (κ3) is 3.71. The lowest BCUT2D eigenvalue weighted by Gasteiger charge is -2.32. The van der Waals surface area contributed by atoms with E-state index >= 15 is 0 Å². The summed E-state index contributed by atoms with van der Waals surface area (Å²) >= 11 is 0. The van der Waals surface area contributed by atoms with Crippen molar-refractivity contribution in [3.63, 3.8) is 0 Å². The molecule has 1 atom stereocenters. The lowest BCUT2D eigenvalue weighted by atomic mass is 9.97. The van der Waals surface area contributed by atoms with E-state index in [2.05, 4.69) is 15.0 Å². The maximum absolute atomic E-state index is 11.3. The minimum Gasteiger partial charge on any atom is -0.366 e. The Morgan fingerprint density at radius 2 is 2.32 bits per heavy atom. The first kappa shape index (κ1) is 14.7. The van der Waals surface area contributed by atoms with Crippen LogP contribution in [0.25, 0.3) is 0 Å². The standard InChI is InChI=1S/C16H21N5O/c17-16(22)15-5-1-3-13(7-15)8-20-6-2-4-14(9-20)10-21-12-18-11-19-21/h1,3,5,7,11-12,14H,2,4,6,8-10H2,(H2,17,22)/t14-/m0/s1. The van der Waals surface area contributed by atoms with Crippen molar-refractivity contribution in [3.8, 4) is 0 Å². The highest BCUT2D eigenvalue weighted by molar-refractivity contribution is 5.92. The molecule has 0 spiro atoms. The predicted octanol–water partition coefficient (Wildman–Crippen LogP) is 1.29. The van der Waals surface area contributed by atoms with E-state index < -0.39 is 0 Å². The molecule has 2 N–H and O–H groups in total. The van der Waals surface area contributed by atoms with Crippen LogP contribution >= 0.6 is 0 Å². The summed E-state index contributed by atoms with van der Waals surface area (Å²) in [7, 11) is 0. The smallest absolute Gasteiger partial charge is 0.248 e. The van der Waals surface area contributed by atoms with Gasteiger partial charge in [-0.3, -0.25) is 14.4 Å². The molecular formula is C16H21N5O. The number of carbonyl (C=O) groups is 1. The number of nitrogens with two attached hydrogens (primary N) is 1. The Morgan fingerprint density at radius 3 is 3.09 bits per heavy atom. The quantitative estimate of drug-likeness (QED) is 0.902. The number of aromatic nitrogens is 3. The Bertz CT molecular complexity index is 625. The molecule has 0 aliphatic carbocycles. The summed E-state index contributed by atoms with van der Waals surface area (Å²) in [5.74, 6) is 0.222. The van der Waals surface area contributed by atoms with E-state index in [1.807, 2.05) is 22.9 Å². The molecule has 1 aromatic heterocycles. The first-order valence-corrected chi connectivity index (χ1v) is 7.64. The van der Waals surface area contributed by atoms with Crippen molar-refractivity contribution in [2.24, 2.45) is 11.7 Å². The average molecular weight is 299 g/mol. The number of hydrogen-bond acceptors (Lipinski definition) is 4. The number of primary amides is 1.